The molecule has 3 rings (SSSR count). The van der Waals surface area contributed by atoms with Gasteiger partial charge >= 0.3 is 0 Å². The Morgan fingerprint density at radius 3 is 2.45 bits per heavy atom. The summed E-state index contributed by atoms with van der Waals surface area (Å²) in [5, 5.41) is 23.2. The first kappa shape index (κ1) is 14.6. The molecule has 2 aliphatic rings. The molecule has 0 radical (unpaired) electrons. The lowest BCUT2D eigenvalue weighted by atomic mass is 9.72. The fourth-order valence-electron chi connectivity index (χ4n) is 3.82. The van der Waals surface area contributed by atoms with E-state index in [4.69, 9.17) is 0 Å². The van der Waals surface area contributed by atoms with Gasteiger partial charge in [0.05, 0.1) is 0 Å². The SMILES string of the molecule is O=[N+]([O-])[C@]12C=CC[C@]([N+](=O)[O-])(C[NH+](Cc3ccccc3)C1)C2. The fourth-order valence-corrected chi connectivity index (χ4v) is 3.82. The summed E-state index contributed by atoms with van der Waals surface area (Å²) in [4.78, 5) is 23.4. The Kier molecular flexibility index (Phi) is 3.44. The molecule has 1 unspecified atom stereocenters. The number of hydrogen-bond acceptors (Lipinski definition) is 4. The summed E-state index contributed by atoms with van der Waals surface area (Å²) in [6.07, 6.45) is 3.45. The maximum absolute atomic E-state index is 11.6. The van der Waals surface area contributed by atoms with Crippen molar-refractivity contribution in [2.45, 2.75) is 30.5 Å². The van der Waals surface area contributed by atoms with Gasteiger partial charge in [-0.15, -0.1) is 0 Å². The Morgan fingerprint density at radius 1 is 1.09 bits per heavy atom. The summed E-state index contributed by atoms with van der Waals surface area (Å²) in [5.41, 5.74) is -1.49. The summed E-state index contributed by atoms with van der Waals surface area (Å²) in [7, 11) is 0. The van der Waals surface area contributed by atoms with Crippen molar-refractivity contribution in [2.75, 3.05) is 13.1 Å². The minimum Gasteiger partial charge on any atom is -0.319 e. The zero-order chi connectivity index (χ0) is 15.8. The van der Waals surface area contributed by atoms with Crippen LogP contribution in [0.1, 0.15) is 18.4 Å². The third-order valence-electron chi connectivity index (χ3n) is 4.74. The Hall–Kier alpha value is -2.28. The molecular formula is C15H18N3O4+. The highest BCUT2D eigenvalue weighted by atomic mass is 16.6. The van der Waals surface area contributed by atoms with Gasteiger partial charge in [0.15, 0.2) is 6.54 Å². The van der Waals surface area contributed by atoms with Crippen LogP contribution in [0.5, 0.6) is 0 Å². The second kappa shape index (κ2) is 5.17. The van der Waals surface area contributed by atoms with E-state index < -0.39 is 11.1 Å². The summed E-state index contributed by atoms with van der Waals surface area (Å²) in [6, 6.07) is 9.62. The van der Waals surface area contributed by atoms with Crippen LogP contribution < -0.4 is 4.90 Å². The lowest BCUT2D eigenvalue weighted by Gasteiger charge is -2.41. The lowest BCUT2D eigenvalue weighted by molar-refractivity contribution is -0.954. The van der Waals surface area contributed by atoms with Crippen LogP contribution in [-0.2, 0) is 6.54 Å². The van der Waals surface area contributed by atoms with E-state index in [1.807, 2.05) is 30.3 Å². The minimum absolute atomic E-state index is 0.00517. The molecule has 1 fully saturated rings. The number of benzene rings is 1. The van der Waals surface area contributed by atoms with Crippen LogP contribution in [-0.4, -0.2) is 34.0 Å². The third-order valence-corrected chi connectivity index (χ3v) is 4.74. The predicted molar refractivity (Wildman–Crippen MR) is 78.7 cm³/mol. The Balaban J connectivity index is 1.92. The van der Waals surface area contributed by atoms with E-state index in [9.17, 15) is 20.2 Å². The minimum atomic E-state index is -1.31. The molecule has 1 aromatic carbocycles. The van der Waals surface area contributed by atoms with E-state index in [2.05, 4.69) is 0 Å². The molecule has 22 heavy (non-hydrogen) atoms. The van der Waals surface area contributed by atoms with Gasteiger partial charge in [-0.2, -0.15) is 0 Å². The molecule has 2 bridgehead atoms. The van der Waals surface area contributed by atoms with Crippen LogP contribution in [0.3, 0.4) is 0 Å². The van der Waals surface area contributed by atoms with E-state index in [1.165, 1.54) is 0 Å². The first-order chi connectivity index (χ1) is 10.5. The molecule has 3 atom stereocenters. The molecule has 0 amide bonds. The second-order valence-corrected chi connectivity index (χ2v) is 6.39. The molecule has 1 heterocycles. The van der Waals surface area contributed by atoms with Crippen LogP contribution in [0, 0.1) is 20.2 Å². The highest BCUT2D eigenvalue weighted by Crippen LogP contribution is 2.36. The van der Waals surface area contributed by atoms with Crippen LogP contribution in [0.4, 0.5) is 0 Å². The van der Waals surface area contributed by atoms with Gasteiger partial charge in [-0.3, -0.25) is 20.2 Å². The number of nitrogens with zero attached hydrogens (tertiary/aromatic N) is 2. The van der Waals surface area contributed by atoms with Crippen molar-refractivity contribution < 1.29 is 14.7 Å². The molecule has 1 saturated heterocycles. The van der Waals surface area contributed by atoms with E-state index >= 15 is 0 Å². The van der Waals surface area contributed by atoms with Crippen molar-refractivity contribution in [2.24, 2.45) is 0 Å². The molecule has 7 nitrogen and oxygen atoms in total. The Bertz CT molecular complexity index is 633. The van der Waals surface area contributed by atoms with Crippen molar-refractivity contribution in [3.63, 3.8) is 0 Å². The molecule has 0 spiro atoms. The van der Waals surface area contributed by atoms with Crippen LogP contribution in [0.15, 0.2) is 42.5 Å². The van der Waals surface area contributed by atoms with Gasteiger partial charge in [0, 0.05) is 21.8 Å². The van der Waals surface area contributed by atoms with Crippen LogP contribution in [0.2, 0.25) is 0 Å². The normalized spacial score (nSPS) is 33.4. The van der Waals surface area contributed by atoms with E-state index in [-0.39, 0.29) is 22.7 Å². The van der Waals surface area contributed by atoms with E-state index in [0.717, 1.165) is 10.5 Å². The molecule has 7 heteroatoms. The molecule has 1 N–H and O–H groups in total. The molecule has 0 saturated carbocycles. The van der Waals surface area contributed by atoms with E-state index in [0.29, 0.717) is 19.6 Å². The summed E-state index contributed by atoms with van der Waals surface area (Å²) < 4.78 is 0. The molecule has 116 valence electrons. The van der Waals surface area contributed by atoms with Gasteiger partial charge in [-0.1, -0.05) is 36.4 Å². The second-order valence-electron chi connectivity index (χ2n) is 6.39. The quantitative estimate of drug-likeness (QED) is 0.497. The highest BCUT2D eigenvalue weighted by Gasteiger charge is 2.65. The van der Waals surface area contributed by atoms with Crippen molar-refractivity contribution in [3.05, 3.63) is 68.3 Å². The predicted octanol–water partition coefficient (Wildman–Crippen LogP) is 0.466. The number of hydrogen-bond donors (Lipinski definition) is 1. The van der Waals surface area contributed by atoms with E-state index in [1.54, 1.807) is 12.2 Å². The first-order valence-electron chi connectivity index (χ1n) is 7.30. The molecule has 0 aromatic heterocycles. The smallest absolute Gasteiger partial charge is 0.294 e. The fraction of sp³-hybridized carbons (Fsp3) is 0.467. The Labute approximate surface area is 127 Å². The number of fused-ring (bicyclic) bond motifs is 2. The largest absolute Gasteiger partial charge is 0.319 e. The number of rotatable bonds is 4. The van der Waals surface area contributed by atoms with Gasteiger partial charge in [-0.25, -0.2) is 0 Å². The monoisotopic (exact) mass is 304 g/mol. The van der Waals surface area contributed by atoms with Gasteiger partial charge in [0.25, 0.3) is 11.1 Å². The van der Waals surface area contributed by atoms with Crippen molar-refractivity contribution in [1.29, 1.82) is 0 Å². The molecular weight excluding hydrogens is 286 g/mol. The maximum atomic E-state index is 11.6. The number of nitro groups is 2. The Morgan fingerprint density at radius 2 is 1.82 bits per heavy atom. The lowest BCUT2D eigenvalue weighted by Crippen LogP contribution is -3.17. The number of quaternary nitrogens is 1. The van der Waals surface area contributed by atoms with Gasteiger partial charge in [-0.05, 0) is 6.08 Å². The third kappa shape index (κ3) is 2.37. The van der Waals surface area contributed by atoms with Crippen LogP contribution in [0.25, 0.3) is 0 Å². The van der Waals surface area contributed by atoms with Gasteiger partial charge in [0.1, 0.15) is 19.5 Å². The molecule has 1 aliphatic heterocycles. The summed E-state index contributed by atoms with van der Waals surface area (Å²) >= 11 is 0. The number of nitrogens with one attached hydrogen (secondary N) is 1. The average molecular weight is 304 g/mol. The summed E-state index contributed by atoms with van der Waals surface area (Å²) in [6.45, 7) is 1.19. The highest BCUT2D eigenvalue weighted by molar-refractivity contribution is 5.16. The maximum Gasteiger partial charge on any atom is 0.294 e. The first-order valence-corrected chi connectivity index (χ1v) is 7.30. The van der Waals surface area contributed by atoms with Crippen molar-refractivity contribution in [1.82, 2.24) is 0 Å². The molecule has 1 aromatic rings. The zero-order valence-corrected chi connectivity index (χ0v) is 12.1. The zero-order valence-electron chi connectivity index (χ0n) is 12.1. The van der Waals surface area contributed by atoms with Crippen LogP contribution >= 0.6 is 0 Å². The van der Waals surface area contributed by atoms with Crippen molar-refractivity contribution >= 4 is 0 Å². The van der Waals surface area contributed by atoms with Crippen molar-refractivity contribution in [3.8, 4) is 0 Å². The molecule has 1 aliphatic carbocycles. The average Bonchev–Trinajstić information content (AvgIpc) is 2.47. The summed E-state index contributed by atoms with van der Waals surface area (Å²) in [5.74, 6) is 0. The number of likely N-dealkylation sites (tertiary alicyclic amines) is 1. The van der Waals surface area contributed by atoms with Gasteiger partial charge in [0.2, 0.25) is 0 Å². The van der Waals surface area contributed by atoms with Gasteiger partial charge < -0.3 is 4.90 Å². The topological polar surface area (TPSA) is 90.7 Å². The number of piperidine rings is 1. The standard InChI is InChI=1S/C15H17N3O4/c19-17(20)14-7-4-8-15(10-14,18(21)22)12-16(11-14)9-13-5-2-1-3-6-13/h1-7H,8-12H2/p+1/t14-,15+/m0/s1.